The summed E-state index contributed by atoms with van der Waals surface area (Å²) in [6, 6.07) is 10.3. The van der Waals surface area contributed by atoms with Crippen molar-refractivity contribution in [1.82, 2.24) is 30.3 Å². The normalized spacial score (nSPS) is 20.6. The van der Waals surface area contributed by atoms with E-state index in [9.17, 15) is 29.4 Å². The zero-order valence-electron chi connectivity index (χ0n) is 42.1. The van der Waals surface area contributed by atoms with Crippen molar-refractivity contribution in [3.63, 3.8) is 0 Å². The van der Waals surface area contributed by atoms with Crippen LogP contribution >= 0.6 is 11.3 Å². The fourth-order valence-electron chi connectivity index (χ4n) is 10.0. The van der Waals surface area contributed by atoms with Crippen molar-refractivity contribution in [3.8, 4) is 10.4 Å². The molecule has 4 N–H and O–H groups in total. The van der Waals surface area contributed by atoms with E-state index in [1.54, 1.807) is 16.2 Å². The van der Waals surface area contributed by atoms with Crippen molar-refractivity contribution in [2.75, 3.05) is 78.8 Å². The minimum atomic E-state index is -1.09. The van der Waals surface area contributed by atoms with E-state index >= 15 is 0 Å². The lowest BCUT2D eigenvalue weighted by Gasteiger charge is -2.35. The zero-order chi connectivity index (χ0) is 49.8. The molecule has 3 amide bonds. The number of aliphatic hydroxyl groups excluding tert-OH is 1. The van der Waals surface area contributed by atoms with Gasteiger partial charge in [-0.25, -0.2) is 9.78 Å². The Bertz CT molecular complexity index is 2220. The summed E-state index contributed by atoms with van der Waals surface area (Å²) in [4.78, 5) is 64.9. The summed E-state index contributed by atoms with van der Waals surface area (Å²) >= 11 is 1.60. The van der Waals surface area contributed by atoms with Crippen LogP contribution in [0.4, 0.5) is 0 Å². The number of aliphatic hydroxyl groups is 1. The molecule has 3 heterocycles. The summed E-state index contributed by atoms with van der Waals surface area (Å²) in [7, 11) is 0. The number of nitrogens with zero attached hydrogens (tertiary/aromatic N) is 4. The van der Waals surface area contributed by atoms with E-state index < -0.39 is 29.4 Å². The number of carbonyl (C=O) groups is 4. The molecule has 15 nitrogen and oxygen atoms in total. The number of nitrogens with one attached hydrogen (secondary N) is 2. The van der Waals surface area contributed by atoms with Gasteiger partial charge in [-0.3, -0.25) is 24.2 Å². The number of aryl methyl sites for hydroxylation is 4. The van der Waals surface area contributed by atoms with Crippen molar-refractivity contribution in [2.45, 2.75) is 118 Å². The SMILES string of the molecule is Cc1cc(C)c(/C(C(=O)O)=C(\O)C2CCC(OCCN3CCN(CCOCCOCC(=O)NC(C(=O)N4CCCC4C(=O)NC(C)c4ccc(-c5scnc5C)cc4)C(C)(C)C)CC3)CC2)c(C)c1. The number of ether oxygens (including phenoxy) is 3. The van der Waals surface area contributed by atoms with Crippen LogP contribution in [-0.2, 0) is 33.4 Å². The smallest absolute Gasteiger partial charge is 0.339 e. The van der Waals surface area contributed by atoms with Gasteiger partial charge in [0, 0.05) is 51.7 Å². The molecule has 2 saturated heterocycles. The molecule has 3 unspecified atom stereocenters. The van der Waals surface area contributed by atoms with Gasteiger partial charge in [0.15, 0.2) is 0 Å². The number of allylic oxidation sites excluding steroid dienone is 1. The van der Waals surface area contributed by atoms with Crippen LogP contribution in [0.15, 0.2) is 47.7 Å². The lowest BCUT2D eigenvalue weighted by atomic mass is 9.82. The number of aliphatic carboxylic acids is 1. The van der Waals surface area contributed by atoms with Crippen LogP contribution in [-0.4, -0.2) is 151 Å². The van der Waals surface area contributed by atoms with E-state index in [2.05, 4.69) is 25.4 Å². The Kier molecular flexibility index (Phi) is 19.4. The van der Waals surface area contributed by atoms with Crippen molar-refractivity contribution in [3.05, 3.63) is 81.2 Å². The van der Waals surface area contributed by atoms with Crippen LogP contribution in [0.25, 0.3) is 16.0 Å². The van der Waals surface area contributed by atoms with Crippen LogP contribution in [0.3, 0.4) is 0 Å². The molecule has 0 spiro atoms. The fourth-order valence-corrected chi connectivity index (χ4v) is 10.8. The highest BCUT2D eigenvalue weighted by Crippen LogP contribution is 2.36. The van der Waals surface area contributed by atoms with Crippen molar-refractivity contribution >= 4 is 40.6 Å². The quantitative estimate of drug-likeness (QED) is 0.0487. The van der Waals surface area contributed by atoms with E-state index in [0.717, 1.165) is 90.5 Å². The number of carbonyl (C=O) groups excluding carboxylic acids is 3. The maximum absolute atomic E-state index is 14.0. The third-order valence-electron chi connectivity index (χ3n) is 13.9. The van der Waals surface area contributed by atoms with Crippen LogP contribution in [0.5, 0.6) is 0 Å². The standard InChI is InChI=1S/C53H76N6O9S/c1-34-30-35(2)45(36(3)31-34)46(52(64)65)47(61)40-15-17-42(18-16-40)68-27-25-58-22-20-57(21-23-58)24-26-66-28-29-67-32-44(60)56-49(53(6,7)8)51(63)59-19-9-10-43(59)50(62)55-37(4)39-11-13-41(14-12-39)48-38(5)54-33-69-48/h11-14,30-31,33,37,40,42-43,49,61H,9-10,15-29,32H2,1-8H3,(H,55,62)(H,56,60)(H,64,65)/b47-46+. The Labute approximate surface area is 413 Å². The van der Waals surface area contributed by atoms with E-state index in [-0.39, 0.29) is 54.4 Å². The maximum Gasteiger partial charge on any atom is 0.339 e. The average molecular weight is 973 g/mol. The summed E-state index contributed by atoms with van der Waals surface area (Å²) in [6.07, 6.45) is 4.31. The molecule has 2 aliphatic heterocycles. The van der Waals surface area contributed by atoms with E-state index in [1.165, 1.54) is 0 Å². The number of amides is 3. The number of aromatic nitrogens is 1. The Morgan fingerprint density at radius 1 is 0.812 bits per heavy atom. The summed E-state index contributed by atoms with van der Waals surface area (Å²) < 4.78 is 17.7. The predicted molar refractivity (Wildman–Crippen MR) is 269 cm³/mol. The molecule has 0 radical (unpaired) electrons. The third-order valence-corrected chi connectivity index (χ3v) is 14.9. The largest absolute Gasteiger partial charge is 0.511 e. The number of benzene rings is 2. The molecular weight excluding hydrogens is 897 g/mol. The van der Waals surface area contributed by atoms with Gasteiger partial charge in [-0.2, -0.15) is 0 Å². The number of hydrogen-bond acceptors (Lipinski definition) is 12. The number of hydrogen-bond donors (Lipinski definition) is 4. The number of rotatable bonds is 21. The molecule has 69 heavy (non-hydrogen) atoms. The minimum Gasteiger partial charge on any atom is -0.511 e. The van der Waals surface area contributed by atoms with Gasteiger partial charge >= 0.3 is 5.97 Å². The van der Waals surface area contributed by atoms with E-state index in [4.69, 9.17) is 14.2 Å². The highest BCUT2D eigenvalue weighted by Gasteiger charge is 2.42. The number of thiazole rings is 1. The molecule has 3 aliphatic rings. The summed E-state index contributed by atoms with van der Waals surface area (Å²) in [5.41, 5.74) is 7.70. The molecule has 16 heteroatoms. The van der Waals surface area contributed by atoms with Gasteiger partial charge in [-0.1, -0.05) is 62.7 Å². The lowest BCUT2D eigenvalue weighted by molar-refractivity contribution is -0.144. The van der Waals surface area contributed by atoms with Crippen LogP contribution < -0.4 is 10.6 Å². The lowest BCUT2D eigenvalue weighted by Crippen LogP contribution is -2.58. The fraction of sp³-hybridized carbons (Fsp3) is 0.604. The van der Waals surface area contributed by atoms with Crippen molar-refractivity contribution in [2.24, 2.45) is 11.3 Å². The zero-order valence-corrected chi connectivity index (χ0v) is 42.9. The van der Waals surface area contributed by atoms with Gasteiger partial charge < -0.3 is 40.0 Å². The van der Waals surface area contributed by atoms with Crippen LogP contribution in [0, 0.1) is 39.0 Å². The molecule has 3 aromatic rings. The highest BCUT2D eigenvalue weighted by atomic mass is 32.1. The summed E-state index contributed by atoms with van der Waals surface area (Å²) in [5, 5.41) is 27.3. The second kappa shape index (κ2) is 24.9. The van der Waals surface area contributed by atoms with Gasteiger partial charge in [0.05, 0.1) is 54.7 Å². The molecule has 3 atom stereocenters. The Morgan fingerprint density at radius 3 is 2.03 bits per heavy atom. The Balaban J connectivity index is 0.824. The molecule has 3 fully saturated rings. The molecule has 1 saturated carbocycles. The second-order valence-corrected chi connectivity index (χ2v) is 21.1. The Morgan fingerprint density at radius 2 is 1.43 bits per heavy atom. The number of carboxylic acids is 1. The first-order valence-corrected chi connectivity index (χ1v) is 25.7. The maximum atomic E-state index is 14.0. The number of likely N-dealkylation sites (tertiary alicyclic amines) is 1. The first-order valence-electron chi connectivity index (χ1n) is 24.8. The molecule has 0 bridgehead atoms. The average Bonchev–Trinajstić information content (AvgIpc) is 3.99. The van der Waals surface area contributed by atoms with E-state index in [1.807, 2.05) is 97.3 Å². The van der Waals surface area contributed by atoms with Gasteiger partial charge in [0.1, 0.15) is 30.0 Å². The molecular formula is C53H76N6O9S. The topological polar surface area (TPSA) is 183 Å². The van der Waals surface area contributed by atoms with E-state index in [0.29, 0.717) is 57.6 Å². The molecule has 1 aliphatic carbocycles. The Hall–Kier alpha value is -4.71. The molecule has 378 valence electrons. The molecule has 6 rings (SSSR count). The first-order chi connectivity index (χ1) is 32.9. The highest BCUT2D eigenvalue weighted by molar-refractivity contribution is 7.13. The van der Waals surface area contributed by atoms with Crippen molar-refractivity contribution < 1.29 is 43.6 Å². The van der Waals surface area contributed by atoms with Gasteiger partial charge in [0.25, 0.3) is 0 Å². The predicted octanol–water partition coefficient (Wildman–Crippen LogP) is 7.02. The van der Waals surface area contributed by atoms with Crippen LogP contribution in [0.2, 0.25) is 0 Å². The molecule has 1 aromatic heterocycles. The molecule has 2 aromatic carbocycles. The summed E-state index contributed by atoms with van der Waals surface area (Å²) in [6.45, 7) is 22.8. The van der Waals surface area contributed by atoms with Gasteiger partial charge in [-0.05, 0) is 106 Å². The summed E-state index contributed by atoms with van der Waals surface area (Å²) in [5.74, 6) is -2.17. The van der Waals surface area contributed by atoms with Crippen LogP contribution in [0.1, 0.15) is 106 Å². The van der Waals surface area contributed by atoms with Crippen molar-refractivity contribution in [1.29, 1.82) is 0 Å². The minimum absolute atomic E-state index is 0.0164. The van der Waals surface area contributed by atoms with Gasteiger partial charge in [-0.15, -0.1) is 11.3 Å². The first kappa shape index (κ1) is 53.6. The second-order valence-electron chi connectivity index (χ2n) is 20.2. The van der Waals surface area contributed by atoms with Gasteiger partial charge in [0.2, 0.25) is 17.7 Å². The number of carboxylic acid groups (broad SMARTS) is 1. The monoisotopic (exact) mass is 973 g/mol. The number of piperazine rings is 1. The third kappa shape index (κ3) is 14.7.